The van der Waals surface area contributed by atoms with Crippen LogP contribution in [0.3, 0.4) is 0 Å². The number of hydroxylamine groups is 3. The zero-order valence-corrected chi connectivity index (χ0v) is 15.0. The Morgan fingerprint density at radius 1 is 1.42 bits per heavy atom. The molecule has 0 N–H and O–H groups in total. The third-order valence-electron chi connectivity index (χ3n) is 7.81. The Balaban J connectivity index is 1.64. The van der Waals surface area contributed by atoms with Crippen LogP contribution in [0.25, 0.3) is 0 Å². The number of hydrogen-bond acceptors (Lipinski definition) is 4. The van der Waals surface area contributed by atoms with Crippen LogP contribution in [0.1, 0.15) is 32.3 Å². The van der Waals surface area contributed by atoms with Gasteiger partial charge in [-0.15, -0.1) is 0 Å². The van der Waals surface area contributed by atoms with Gasteiger partial charge in [0.05, 0.1) is 28.8 Å². The Bertz CT molecular complexity index is 922. The van der Waals surface area contributed by atoms with Crippen LogP contribution in [-0.2, 0) is 14.9 Å². The van der Waals surface area contributed by atoms with Crippen LogP contribution in [-0.4, -0.2) is 41.1 Å². The van der Waals surface area contributed by atoms with E-state index in [1.807, 2.05) is 25.1 Å². The highest BCUT2D eigenvalue weighted by molar-refractivity contribution is 6.07. The summed E-state index contributed by atoms with van der Waals surface area (Å²) < 4.78 is 5.82. The Kier molecular flexibility index (Phi) is 2.59. The Labute approximate surface area is 152 Å². The van der Waals surface area contributed by atoms with Crippen molar-refractivity contribution in [3.63, 3.8) is 0 Å². The molecule has 5 fully saturated rings. The standard InChI is InChI=1S/C21H22N2O3/c1-3-12-10-23(25)16-8-13(12)18-17(23)9-21(20(18)26-11(2)24)14-6-4-5-7-15(14)22-19(16)21/h3-7,13,16-18,20H,8-10H2,1-2H3/t13?,16-,17-,18?,20+,21+,23?/m0/s1. The molecule has 5 heteroatoms. The number of piperidine rings is 4. The normalized spacial score (nSPS) is 47.7. The molecule has 1 saturated carbocycles. The van der Waals surface area contributed by atoms with Crippen LogP contribution < -0.4 is 0 Å². The fourth-order valence-corrected chi connectivity index (χ4v) is 7.06. The molecule has 1 aliphatic carbocycles. The number of esters is 1. The largest absolute Gasteiger partial charge is 0.632 e. The van der Waals surface area contributed by atoms with Crippen LogP contribution in [0, 0.1) is 17.0 Å². The van der Waals surface area contributed by atoms with Gasteiger partial charge >= 0.3 is 5.97 Å². The Morgan fingerprint density at radius 2 is 2.23 bits per heavy atom. The number of carbonyl (C=O) groups excluding carboxylic acids is 1. The molecule has 0 aromatic heterocycles. The average molecular weight is 350 g/mol. The van der Waals surface area contributed by atoms with Crippen LogP contribution in [0.5, 0.6) is 0 Å². The number of fused-ring (bicyclic) bond motifs is 2. The highest BCUT2D eigenvalue weighted by Gasteiger charge is 2.78. The van der Waals surface area contributed by atoms with Crippen LogP contribution >= 0.6 is 0 Å². The number of benzene rings is 1. The second kappa shape index (κ2) is 4.46. The number of quaternary nitrogens is 1. The van der Waals surface area contributed by atoms with Gasteiger partial charge in [0, 0.05) is 25.7 Å². The van der Waals surface area contributed by atoms with Gasteiger partial charge in [0.15, 0.2) is 0 Å². The smallest absolute Gasteiger partial charge is 0.302 e. The predicted molar refractivity (Wildman–Crippen MR) is 96.8 cm³/mol. The minimum atomic E-state index is -0.383. The maximum Gasteiger partial charge on any atom is 0.302 e. The molecule has 0 amide bonds. The number of carbonyl (C=O) groups is 1. The van der Waals surface area contributed by atoms with E-state index < -0.39 is 0 Å². The van der Waals surface area contributed by atoms with Gasteiger partial charge in [0.2, 0.25) is 0 Å². The van der Waals surface area contributed by atoms with Crippen molar-refractivity contribution in [2.24, 2.45) is 16.8 Å². The quantitative estimate of drug-likeness (QED) is 0.338. The van der Waals surface area contributed by atoms with Gasteiger partial charge in [0.25, 0.3) is 0 Å². The van der Waals surface area contributed by atoms with E-state index in [1.165, 1.54) is 12.5 Å². The highest BCUT2D eigenvalue weighted by Crippen LogP contribution is 2.68. The lowest BCUT2D eigenvalue weighted by atomic mass is 9.66. The van der Waals surface area contributed by atoms with Gasteiger partial charge < -0.3 is 14.6 Å². The summed E-state index contributed by atoms with van der Waals surface area (Å²) in [6, 6.07) is 8.10. The van der Waals surface area contributed by atoms with Crippen molar-refractivity contribution in [2.75, 3.05) is 6.54 Å². The van der Waals surface area contributed by atoms with E-state index in [9.17, 15) is 10.0 Å². The third-order valence-corrected chi connectivity index (χ3v) is 7.81. The lowest BCUT2D eigenvalue weighted by molar-refractivity contribution is -0.934. The van der Waals surface area contributed by atoms with Crippen LogP contribution in [0.2, 0.25) is 0 Å². The summed E-state index contributed by atoms with van der Waals surface area (Å²) in [6.07, 6.45) is 3.45. The molecule has 7 rings (SSSR count). The topological polar surface area (TPSA) is 61.7 Å². The van der Waals surface area contributed by atoms with Crippen molar-refractivity contribution in [1.29, 1.82) is 0 Å². The van der Waals surface area contributed by atoms with E-state index in [2.05, 4.69) is 12.1 Å². The molecule has 26 heavy (non-hydrogen) atoms. The molecule has 0 radical (unpaired) electrons. The van der Waals surface area contributed by atoms with Crippen molar-refractivity contribution in [2.45, 2.75) is 50.3 Å². The van der Waals surface area contributed by atoms with Gasteiger partial charge in [-0.2, -0.15) is 0 Å². The molecule has 5 heterocycles. The number of para-hydroxylation sites is 1. The van der Waals surface area contributed by atoms with Crippen molar-refractivity contribution in [1.82, 2.24) is 0 Å². The number of hydrogen-bond donors (Lipinski definition) is 0. The van der Waals surface area contributed by atoms with Gasteiger partial charge in [-0.05, 0) is 24.1 Å². The third kappa shape index (κ3) is 1.41. The van der Waals surface area contributed by atoms with E-state index in [0.717, 1.165) is 29.8 Å². The van der Waals surface area contributed by atoms with E-state index in [4.69, 9.17) is 9.73 Å². The molecule has 7 atom stereocenters. The van der Waals surface area contributed by atoms with E-state index >= 15 is 0 Å². The lowest BCUT2D eigenvalue weighted by Gasteiger charge is -2.65. The summed E-state index contributed by atoms with van der Waals surface area (Å²) in [4.78, 5) is 17.0. The molecule has 3 unspecified atom stereocenters. The molecule has 6 aliphatic rings. The first-order chi connectivity index (χ1) is 12.5. The van der Waals surface area contributed by atoms with Crippen molar-refractivity contribution in [3.05, 3.63) is 46.7 Å². The second-order valence-electron chi connectivity index (χ2n) is 8.60. The molecule has 5 nitrogen and oxygen atoms in total. The van der Waals surface area contributed by atoms with Crippen molar-refractivity contribution < 1.29 is 14.2 Å². The van der Waals surface area contributed by atoms with Gasteiger partial charge in [-0.1, -0.05) is 24.3 Å². The summed E-state index contributed by atoms with van der Waals surface area (Å²) in [5, 5.41) is 14.1. The van der Waals surface area contributed by atoms with Gasteiger partial charge in [-0.3, -0.25) is 9.79 Å². The minimum Gasteiger partial charge on any atom is -0.632 e. The summed E-state index contributed by atoms with van der Waals surface area (Å²) in [7, 11) is 0. The predicted octanol–water partition coefficient (Wildman–Crippen LogP) is 3.01. The number of aliphatic imine (C=N–C) groups is 1. The molecule has 5 bridgehead atoms. The Morgan fingerprint density at radius 3 is 3.00 bits per heavy atom. The SMILES string of the molecule is CC=C1C[N+]2([O-])[C@H]3CC1C1[C@@H](OC(C)=O)[C@@]4(C[C@@H]12)C3=Nc1ccccc14. The van der Waals surface area contributed by atoms with E-state index in [1.54, 1.807) is 0 Å². The fourth-order valence-electron chi connectivity index (χ4n) is 7.06. The zero-order valence-electron chi connectivity index (χ0n) is 15.0. The summed E-state index contributed by atoms with van der Waals surface area (Å²) in [5.74, 6) is 0.189. The van der Waals surface area contributed by atoms with Crippen molar-refractivity contribution in [3.8, 4) is 0 Å². The van der Waals surface area contributed by atoms with Gasteiger partial charge in [-0.25, -0.2) is 0 Å². The second-order valence-corrected chi connectivity index (χ2v) is 8.60. The van der Waals surface area contributed by atoms with Gasteiger partial charge in [0.1, 0.15) is 18.7 Å². The molecule has 4 saturated heterocycles. The van der Waals surface area contributed by atoms with E-state index in [-0.39, 0.29) is 40.1 Å². The maximum atomic E-state index is 14.1. The van der Waals surface area contributed by atoms with Crippen LogP contribution in [0.15, 0.2) is 40.9 Å². The molecule has 1 aromatic rings. The monoisotopic (exact) mass is 350 g/mol. The number of allylic oxidation sites excluding steroid dienone is 1. The zero-order chi connectivity index (χ0) is 17.8. The molecule has 1 aromatic carbocycles. The van der Waals surface area contributed by atoms with E-state index in [0.29, 0.717) is 12.5 Å². The Hall–Kier alpha value is -1.98. The first-order valence-electron chi connectivity index (χ1n) is 9.60. The number of ether oxygens (including phenoxy) is 1. The number of rotatable bonds is 1. The molecule has 5 aliphatic heterocycles. The number of nitrogens with zero attached hydrogens (tertiary/aromatic N) is 2. The molecular formula is C21H22N2O3. The molecule has 134 valence electrons. The molecular weight excluding hydrogens is 328 g/mol. The van der Waals surface area contributed by atoms with Crippen LogP contribution in [0.4, 0.5) is 5.69 Å². The summed E-state index contributed by atoms with van der Waals surface area (Å²) in [5.41, 5.74) is 3.99. The first kappa shape index (κ1) is 15.1. The first-order valence-corrected chi connectivity index (χ1v) is 9.60. The summed E-state index contributed by atoms with van der Waals surface area (Å²) in [6.45, 7) is 4.09. The van der Waals surface area contributed by atoms with Crippen molar-refractivity contribution >= 4 is 17.4 Å². The fraction of sp³-hybridized carbons (Fsp3) is 0.524. The highest BCUT2D eigenvalue weighted by atomic mass is 16.6. The molecule has 1 spiro atoms. The average Bonchev–Trinajstić information content (AvgIpc) is 3.08. The lowest BCUT2D eigenvalue weighted by Crippen LogP contribution is -2.73. The summed E-state index contributed by atoms with van der Waals surface area (Å²) >= 11 is 0. The minimum absolute atomic E-state index is 0.0110. The maximum absolute atomic E-state index is 14.1.